The maximum Gasteiger partial charge on any atom is 0.472 e. The van der Waals surface area contributed by atoms with Crippen molar-refractivity contribution in [1.29, 1.82) is 0 Å². The van der Waals surface area contributed by atoms with E-state index in [-0.39, 0.29) is 32.0 Å². The van der Waals surface area contributed by atoms with Gasteiger partial charge < -0.3 is 18.9 Å². The van der Waals surface area contributed by atoms with Crippen molar-refractivity contribution in [3.8, 4) is 0 Å². The molecule has 0 fully saturated rings. The molecule has 0 rings (SSSR count). The Hall–Kier alpha value is -0.990. The minimum atomic E-state index is -4.35. The van der Waals surface area contributed by atoms with Crippen molar-refractivity contribution in [1.82, 2.24) is 0 Å². The Morgan fingerprint density at radius 1 is 0.562 bits per heavy atom. The summed E-state index contributed by atoms with van der Waals surface area (Å²) in [5.41, 5.74) is 0. The quantitative estimate of drug-likeness (QED) is 0.0297. The van der Waals surface area contributed by atoms with Crippen molar-refractivity contribution < 1.29 is 42.1 Å². The standard InChI is InChI=1S/C38H76NO8P/c1-6-8-10-12-13-14-15-16-17-18-19-20-21-22-23-24-25-26-27-29-31-38(41)47-36(34-44-37(40)30-28-11-9-7-2)35-46-48(42,43)45-33-32-39(3,4)5/h36H,6-35H2,1-5H3/p+1. The Morgan fingerprint density at radius 3 is 1.35 bits per heavy atom. The second kappa shape index (κ2) is 32.0. The van der Waals surface area contributed by atoms with E-state index in [4.69, 9.17) is 18.5 Å². The summed E-state index contributed by atoms with van der Waals surface area (Å²) < 4.78 is 33.9. The molecule has 0 aromatic rings. The Balaban J connectivity index is 4.10. The fraction of sp³-hybridized carbons (Fsp3) is 0.947. The van der Waals surface area contributed by atoms with E-state index in [1.54, 1.807) is 0 Å². The van der Waals surface area contributed by atoms with E-state index in [2.05, 4.69) is 13.8 Å². The topological polar surface area (TPSA) is 108 Å². The van der Waals surface area contributed by atoms with Gasteiger partial charge in [-0.2, -0.15) is 0 Å². The van der Waals surface area contributed by atoms with Crippen LogP contribution in [0.5, 0.6) is 0 Å². The number of carbonyl (C=O) groups is 2. The van der Waals surface area contributed by atoms with E-state index >= 15 is 0 Å². The summed E-state index contributed by atoms with van der Waals surface area (Å²) in [6.07, 6.45) is 29.3. The molecule has 2 unspecified atom stereocenters. The zero-order valence-corrected chi connectivity index (χ0v) is 32.9. The molecule has 0 aromatic carbocycles. The number of hydrogen-bond acceptors (Lipinski definition) is 7. The molecular weight excluding hydrogens is 629 g/mol. The number of nitrogens with zero attached hydrogens (tertiary/aromatic N) is 1. The van der Waals surface area contributed by atoms with Crippen LogP contribution in [0.25, 0.3) is 0 Å². The summed E-state index contributed by atoms with van der Waals surface area (Å²) in [5, 5.41) is 0. The summed E-state index contributed by atoms with van der Waals surface area (Å²) in [7, 11) is 1.48. The van der Waals surface area contributed by atoms with Crippen molar-refractivity contribution in [2.24, 2.45) is 0 Å². The molecule has 0 aliphatic rings. The Bertz CT molecular complexity index is 804. The third-order valence-corrected chi connectivity index (χ3v) is 9.62. The molecule has 48 heavy (non-hydrogen) atoms. The van der Waals surface area contributed by atoms with Gasteiger partial charge >= 0.3 is 19.8 Å². The van der Waals surface area contributed by atoms with Gasteiger partial charge in [0.2, 0.25) is 0 Å². The molecule has 9 nitrogen and oxygen atoms in total. The van der Waals surface area contributed by atoms with Crippen LogP contribution in [0.2, 0.25) is 0 Å². The predicted molar refractivity (Wildman–Crippen MR) is 197 cm³/mol. The highest BCUT2D eigenvalue weighted by atomic mass is 31.2. The Labute approximate surface area is 295 Å². The van der Waals surface area contributed by atoms with Crippen LogP contribution in [-0.4, -0.2) is 74.9 Å². The lowest BCUT2D eigenvalue weighted by molar-refractivity contribution is -0.870. The number of carbonyl (C=O) groups excluding carboxylic acids is 2. The van der Waals surface area contributed by atoms with E-state index in [1.165, 1.54) is 109 Å². The lowest BCUT2D eigenvalue weighted by Gasteiger charge is -2.24. The molecular formula is C38H77NO8P+. The highest BCUT2D eigenvalue weighted by molar-refractivity contribution is 7.47. The SMILES string of the molecule is CCCCCCCCCCCCCCCCCCCCCCC(=O)OC(COC(=O)CCCCCC)COP(=O)(O)OCC[N+](C)(C)C. The van der Waals surface area contributed by atoms with Crippen LogP contribution in [0.15, 0.2) is 0 Å². The molecule has 0 bridgehead atoms. The van der Waals surface area contributed by atoms with Crippen molar-refractivity contribution in [2.45, 2.75) is 187 Å². The molecule has 0 saturated carbocycles. The van der Waals surface area contributed by atoms with Crippen LogP contribution >= 0.6 is 7.82 Å². The number of esters is 2. The number of hydrogen-bond donors (Lipinski definition) is 1. The van der Waals surface area contributed by atoms with Gasteiger partial charge in [0, 0.05) is 12.8 Å². The Morgan fingerprint density at radius 2 is 0.938 bits per heavy atom. The zero-order chi connectivity index (χ0) is 35.8. The van der Waals surface area contributed by atoms with Gasteiger partial charge in [0.05, 0.1) is 27.7 Å². The second-order valence-corrected chi connectivity index (χ2v) is 16.1. The Kier molecular flexibility index (Phi) is 31.3. The number of ether oxygens (including phenoxy) is 2. The maximum atomic E-state index is 12.6. The summed E-state index contributed by atoms with van der Waals surface area (Å²) in [6, 6.07) is 0. The molecule has 2 atom stereocenters. The largest absolute Gasteiger partial charge is 0.472 e. The average molecular weight is 707 g/mol. The van der Waals surface area contributed by atoms with Gasteiger partial charge in [0.1, 0.15) is 19.8 Å². The monoisotopic (exact) mass is 707 g/mol. The van der Waals surface area contributed by atoms with Gasteiger partial charge in [-0.15, -0.1) is 0 Å². The molecule has 0 aliphatic carbocycles. The first-order valence-corrected chi connectivity index (χ1v) is 21.3. The highest BCUT2D eigenvalue weighted by Gasteiger charge is 2.27. The summed E-state index contributed by atoms with van der Waals surface area (Å²) >= 11 is 0. The van der Waals surface area contributed by atoms with Gasteiger partial charge in [0.25, 0.3) is 0 Å². The number of quaternary nitrogens is 1. The first-order valence-electron chi connectivity index (χ1n) is 19.8. The normalized spacial score (nSPS) is 13.7. The third kappa shape index (κ3) is 34.9. The molecule has 0 heterocycles. The van der Waals surface area contributed by atoms with E-state index in [0.717, 1.165) is 44.9 Å². The minimum Gasteiger partial charge on any atom is -0.462 e. The smallest absolute Gasteiger partial charge is 0.462 e. The molecule has 0 spiro atoms. The van der Waals surface area contributed by atoms with Gasteiger partial charge in [-0.3, -0.25) is 18.6 Å². The van der Waals surface area contributed by atoms with Gasteiger partial charge in [-0.1, -0.05) is 155 Å². The first-order chi connectivity index (χ1) is 23.0. The van der Waals surface area contributed by atoms with Crippen molar-refractivity contribution >= 4 is 19.8 Å². The fourth-order valence-electron chi connectivity index (χ4n) is 5.48. The molecule has 286 valence electrons. The zero-order valence-electron chi connectivity index (χ0n) is 32.0. The summed E-state index contributed by atoms with van der Waals surface area (Å²) in [4.78, 5) is 34.8. The first kappa shape index (κ1) is 47.0. The van der Waals surface area contributed by atoms with Crippen LogP contribution in [-0.2, 0) is 32.7 Å². The van der Waals surface area contributed by atoms with Crippen LogP contribution < -0.4 is 0 Å². The maximum absolute atomic E-state index is 12.6. The second-order valence-electron chi connectivity index (χ2n) is 14.7. The minimum absolute atomic E-state index is 0.0356. The predicted octanol–water partition coefficient (Wildman–Crippen LogP) is 10.5. The number of phosphoric acid groups is 1. The molecule has 0 aromatic heterocycles. The molecule has 0 amide bonds. The van der Waals surface area contributed by atoms with Crippen LogP contribution in [0.4, 0.5) is 0 Å². The molecule has 0 aliphatic heterocycles. The van der Waals surface area contributed by atoms with Gasteiger partial charge in [0.15, 0.2) is 6.10 Å². The molecule has 1 N–H and O–H groups in total. The van der Waals surface area contributed by atoms with E-state index in [0.29, 0.717) is 11.0 Å². The highest BCUT2D eigenvalue weighted by Crippen LogP contribution is 2.43. The number of phosphoric ester groups is 1. The fourth-order valence-corrected chi connectivity index (χ4v) is 6.23. The van der Waals surface area contributed by atoms with Crippen LogP contribution in [0, 0.1) is 0 Å². The average Bonchev–Trinajstić information content (AvgIpc) is 3.02. The lowest BCUT2D eigenvalue weighted by atomic mass is 10.0. The van der Waals surface area contributed by atoms with E-state index in [1.807, 2.05) is 21.1 Å². The van der Waals surface area contributed by atoms with Crippen molar-refractivity contribution in [2.75, 3.05) is 47.5 Å². The van der Waals surface area contributed by atoms with Gasteiger partial charge in [-0.05, 0) is 12.8 Å². The van der Waals surface area contributed by atoms with Crippen molar-refractivity contribution in [3.05, 3.63) is 0 Å². The molecule has 0 saturated heterocycles. The summed E-state index contributed by atoms with van der Waals surface area (Å²) in [5.74, 6) is -0.809. The lowest BCUT2D eigenvalue weighted by Crippen LogP contribution is -2.37. The molecule has 0 radical (unpaired) electrons. The molecule has 10 heteroatoms. The summed E-state index contributed by atoms with van der Waals surface area (Å²) in [6.45, 7) is 4.31. The van der Waals surface area contributed by atoms with E-state index in [9.17, 15) is 19.0 Å². The van der Waals surface area contributed by atoms with E-state index < -0.39 is 26.5 Å². The number of rotatable bonds is 36. The van der Waals surface area contributed by atoms with Gasteiger partial charge in [-0.25, -0.2) is 4.57 Å². The van der Waals surface area contributed by atoms with Crippen molar-refractivity contribution in [3.63, 3.8) is 0 Å². The number of unbranched alkanes of at least 4 members (excludes halogenated alkanes) is 22. The van der Waals surface area contributed by atoms with Crippen LogP contribution in [0.3, 0.4) is 0 Å². The van der Waals surface area contributed by atoms with Crippen LogP contribution in [0.1, 0.15) is 181 Å². The number of likely N-dealkylation sites (N-methyl/N-ethyl adjacent to an activating group) is 1. The third-order valence-electron chi connectivity index (χ3n) is 8.64.